The maximum absolute atomic E-state index is 10.5. The Morgan fingerprint density at radius 2 is 1.93 bits per heavy atom. The van der Waals surface area contributed by atoms with Crippen LogP contribution >= 0.6 is 12.4 Å². The number of carboxylic acids is 1. The maximum atomic E-state index is 10.5. The highest BCUT2D eigenvalue weighted by Crippen LogP contribution is 2.20. The average Bonchev–Trinajstić information content (AvgIpc) is 2.04. The lowest BCUT2D eigenvalue weighted by atomic mass is 9.90. The zero-order valence-corrected chi connectivity index (χ0v) is 8.75. The van der Waals surface area contributed by atoms with Crippen LogP contribution in [0.4, 0.5) is 0 Å². The van der Waals surface area contributed by atoms with E-state index in [9.17, 15) is 4.79 Å². The molecule has 0 radical (unpaired) electrons. The summed E-state index contributed by atoms with van der Waals surface area (Å²) < 4.78 is 0. The molecule has 0 spiro atoms. The van der Waals surface area contributed by atoms with Crippen molar-refractivity contribution in [1.29, 1.82) is 0 Å². The van der Waals surface area contributed by atoms with E-state index in [0.717, 1.165) is 5.56 Å². The first kappa shape index (κ1) is 12.9. The van der Waals surface area contributed by atoms with Crippen molar-refractivity contribution in [1.82, 2.24) is 0 Å². The van der Waals surface area contributed by atoms with Crippen molar-refractivity contribution < 1.29 is 9.90 Å². The van der Waals surface area contributed by atoms with Crippen LogP contribution in [0.3, 0.4) is 0 Å². The van der Waals surface area contributed by atoms with E-state index in [4.69, 9.17) is 10.8 Å². The summed E-state index contributed by atoms with van der Waals surface area (Å²) in [4.78, 5) is 10.5. The summed E-state index contributed by atoms with van der Waals surface area (Å²) in [6, 6.07) is 9.25. The van der Waals surface area contributed by atoms with Gasteiger partial charge in [0.05, 0.1) is 6.42 Å². The maximum Gasteiger partial charge on any atom is 0.305 e. The molecule has 3 N–H and O–H groups in total. The number of rotatable bonds is 3. The molecule has 1 atom stereocenters. The van der Waals surface area contributed by atoms with Crippen molar-refractivity contribution in [2.45, 2.75) is 18.9 Å². The van der Waals surface area contributed by atoms with Gasteiger partial charge in [0.25, 0.3) is 0 Å². The molecule has 0 aliphatic heterocycles. The van der Waals surface area contributed by atoms with Gasteiger partial charge in [-0.15, -0.1) is 12.4 Å². The summed E-state index contributed by atoms with van der Waals surface area (Å²) in [6.45, 7) is 1.72. The Balaban J connectivity index is 0.00000169. The molecule has 1 aromatic rings. The SMILES string of the molecule is CC(N)(CC(=O)O)c1ccccc1.Cl. The van der Waals surface area contributed by atoms with E-state index in [1.54, 1.807) is 6.92 Å². The lowest BCUT2D eigenvalue weighted by Gasteiger charge is -2.22. The predicted octanol–water partition coefficient (Wildman–Crippen LogP) is 1.76. The monoisotopic (exact) mass is 215 g/mol. The van der Waals surface area contributed by atoms with Crippen LogP contribution in [0, 0.1) is 0 Å². The van der Waals surface area contributed by atoms with Gasteiger partial charge in [-0.1, -0.05) is 30.3 Å². The Morgan fingerprint density at radius 1 is 1.43 bits per heavy atom. The van der Waals surface area contributed by atoms with Gasteiger partial charge in [0.1, 0.15) is 0 Å². The Morgan fingerprint density at radius 3 is 2.36 bits per heavy atom. The Bertz CT molecular complexity index is 298. The number of carboxylic acid groups (broad SMARTS) is 1. The molecule has 0 aliphatic rings. The molecule has 1 unspecified atom stereocenters. The summed E-state index contributed by atoms with van der Waals surface area (Å²) in [7, 11) is 0. The second-order valence-corrected chi connectivity index (χ2v) is 3.35. The number of nitrogens with two attached hydrogens (primary N) is 1. The van der Waals surface area contributed by atoms with E-state index in [-0.39, 0.29) is 18.8 Å². The number of halogens is 1. The van der Waals surface area contributed by atoms with Gasteiger partial charge in [0, 0.05) is 5.54 Å². The fourth-order valence-corrected chi connectivity index (χ4v) is 1.24. The van der Waals surface area contributed by atoms with E-state index < -0.39 is 11.5 Å². The number of hydrogen-bond acceptors (Lipinski definition) is 2. The van der Waals surface area contributed by atoms with Crippen molar-refractivity contribution in [3.63, 3.8) is 0 Å². The number of benzene rings is 1. The van der Waals surface area contributed by atoms with Crippen LogP contribution in [-0.4, -0.2) is 11.1 Å². The summed E-state index contributed by atoms with van der Waals surface area (Å²) >= 11 is 0. The summed E-state index contributed by atoms with van der Waals surface area (Å²) in [5, 5.41) is 8.63. The minimum atomic E-state index is -0.881. The minimum absolute atomic E-state index is 0. The first-order chi connectivity index (χ1) is 6.02. The summed E-state index contributed by atoms with van der Waals surface area (Å²) in [5.74, 6) is -0.881. The number of aliphatic carboxylic acids is 1. The Labute approximate surface area is 89.3 Å². The molecular weight excluding hydrogens is 202 g/mol. The fourth-order valence-electron chi connectivity index (χ4n) is 1.24. The third-order valence-corrected chi connectivity index (χ3v) is 1.95. The summed E-state index contributed by atoms with van der Waals surface area (Å²) in [5.41, 5.74) is 5.92. The zero-order chi connectivity index (χ0) is 9.90. The van der Waals surface area contributed by atoms with Crippen molar-refractivity contribution >= 4 is 18.4 Å². The molecule has 4 heteroatoms. The van der Waals surface area contributed by atoms with Crippen LogP contribution in [0.5, 0.6) is 0 Å². The van der Waals surface area contributed by atoms with Gasteiger partial charge >= 0.3 is 5.97 Å². The molecule has 0 aliphatic carbocycles. The second kappa shape index (κ2) is 4.98. The van der Waals surface area contributed by atoms with Crippen LogP contribution < -0.4 is 5.73 Å². The van der Waals surface area contributed by atoms with Crippen molar-refractivity contribution in [2.75, 3.05) is 0 Å². The van der Waals surface area contributed by atoms with Crippen LogP contribution in [0.1, 0.15) is 18.9 Å². The van der Waals surface area contributed by atoms with Crippen LogP contribution in [0.15, 0.2) is 30.3 Å². The molecular formula is C10H14ClNO2. The number of carbonyl (C=O) groups is 1. The molecule has 3 nitrogen and oxygen atoms in total. The molecule has 78 valence electrons. The highest BCUT2D eigenvalue weighted by atomic mass is 35.5. The van der Waals surface area contributed by atoms with E-state index in [1.807, 2.05) is 30.3 Å². The van der Waals surface area contributed by atoms with Crippen molar-refractivity contribution in [3.05, 3.63) is 35.9 Å². The normalized spacial score (nSPS) is 13.9. The molecule has 0 saturated carbocycles. The predicted molar refractivity (Wildman–Crippen MR) is 57.5 cm³/mol. The summed E-state index contributed by atoms with van der Waals surface area (Å²) in [6.07, 6.45) is -0.0585. The molecule has 0 bridgehead atoms. The minimum Gasteiger partial charge on any atom is -0.481 e. The highest BCUT2D eigenvalue weighted by molar-refractivity contribution is 5.85. The molecule has 0 fully saturated rings. The number of hydrogen-bond donors (Lipinski definition) is 2. The lowest BCUT2D eigenvalue weighted by molar-refractivity contribution is -0.138. The lowest BCUT2D eigenvalue weighted by Crippen LogP contribution is -2.35. The van der Waals surface area contributed by atoms with Gasteiger partial charge in [-0.05, 0) is 12.5 Å². The third-order valence-electron chi connectivity index (χ3n) is 1.95. The molecule has 14 heavy (non-hydrogen) atoms. The largest absolute Gasteiger partial charge is 0.481 e. The van der Waals surface area contributed by atoms with E-state index in [0.29, 0.717) is 0 Å². The topological polar surface area (TPSA) is 63.3 Å². The fraction of sp³-hybridized carbons (Fsp3) is 0.300. The first-order valence-electron chi connectivity index (χ1n) is 4.08. The Kier molecular flexibility index (Phi) is 4.60. The highest BCUT2D eigenvalue weighted by Gasteiger charge is 2.23. The third kappa shape index (κ3) is 3.36. The molecule has 0 aromatic heterocycles. The molecule has 0 amide bonds. The standard InChI is InChI=1S/C10H13NO2.ClH/c1-10(11,7-9(12)13)8-5-3-2-4-6-8;/h2-6H,7,11H2,1H3,(H,12,13);1H. The Hall–Kier alpha value is -1.06. The van der Waals surface area contributed by atoms with Crippen molar-refractivity contribution in [2.24, 2.45) is 5.73 Å². The van der Waals surface area contributed by atoms with Crippen molar-refractivity contribution in [3.8, 4) is 0 Å². The van der Waals surface area contributed by atoms with E-state index in [2.05, 4.69) is 0 Å². The van der Waals surface area contributed by atoms with Gasteiger partial charge in [-0.2, -0.15) is 0 Å². The quantitative estimate of drug-likeness (QED) is 0.808. The van der Waals surface area contributed by atoms with Gasteiger partial charge < -0.3 is 10.8 Å². The molecule has 0 heterocycles. The van der Waals surface area contributed by atoms with E-state index >= 15 is 0 Å². The molecule has 1 aromatic carbocycles. The molecule has 0 saturated heterocycles. The first-order valence-corrected chi connectivity index (χ1v) is 4.08. The molecule has 1 rings (SSSR count). The van der Waals surface area contributed by atoms with Crippen LogP contribution in [-0.2, 0) is 10.3 Å². The average molecular weight is 216 g/mol. The van der Waals surface area contributed by atoms with Gasteiger partial charge in [-0.25, -0.2) is 0 Å². The van der Waals surface area contributed by atoms with E-state index in [1.165, 1.54) is 0 Å². The van der Waals surface area contributed by atoms with Gasteiger partial charge in [-0.3, -0.25) is 4.79 Å². The smallest absolute Gasteiger partial charge is 0.305 e. The van der Waals surface area contributed by atoms with Gasteiger partial charge in [0.15, 0.2) is 0 Å². The second-order valence-electron chi connectivity index (χ2n) is 3.35. The van der Waals surface area contributed by atoms with Crippen LogP contribution in [0.2, 0.25) is 0 Å². The van der Waals surface area contributed by atoms with Gasteiger partial charge in [0.2, 0.25) is 0 Å². The van der Waals surface area contributed by atoms with Crippen LogP contribution in [0.25, 0.3) is 0 Å². The zero-order valence-electron chi connectivity index (χ0n) is 7.93.